The lowest BCUT2D eigenvalue weighted by molar-refractivity contribution is -0.137. The molecule has 31 heavy (non-hydrogen) atoms. The van der Waals surface area contributed by atoms with Gasteiger partial charge in [0.2, 0.25) is 5.82 Å². The summed E-state index contributed by atoms with van der Waals surface area (Å²) < 4.78 is 46.8. The normalized spacial score (nSPS) is 20.8. The molecule has 6 nitrogen and oxygen atoms in total. The van der Waals surface area contributed by atoms with Gasteiger partial charge >= 0.3 is 6.18 Å². The number of rotatable bonds is 3. The monoisotopic (exact) mass is 428 g/mol. The number of fused-ring (bicyclic) bond motifs is 2. The summed E-state index contributed by atoms with van der Waals surface area (Å²) >= 11 is 0. The third-order valence-electron chi connectivity index (χ3n) is 5.58. The van der Waals surface area contributed by atoms with E-state index in [1.807, 2.05) is 6.07 Å². The Bertz CT molecular complexity index is 1100. The molecule has 0 saturated carbocycles. The highest BCUT2D eigenvalue weighted by Gasteiger charge is 2.37. The number of ether oxygens (including phenoxy) is 1. The molecule has 2 bridgehead atoms. The molecule has 1 aromatic heterocycles. The molecule has 2 fully saturated rings. The minimum absolute atomic E-state index is 0.0156. The second-order valence-corrected chi connectivity index (χ2v) is 7.75. The van der Waals surface area contributed by atoms with Gasteiger partial charge in [0.25, 0.3) is 5.91 Å². The van der Waals surface area contributed by atoms with Crippen LogP contribution in [-0.2, 0) is 10.9 Å². The zero-order valence-corrected chi connectivity index (χ0v) is 16.4. The van der Waals surface area contributed by atoms with E-state index in [0.29, 0.717) is 24.5 Å². The average molecular weight is 428 g/mol. The van der Waals surface area contributed by atoms with E-state index in [0.717, 1.165) is 25.0 Å². The largest absolute Gasteiger partial charge is 0.416 e. The number of amides is 1. The van der Waals surface area contributed by atoms with E-state index in [2.05, 4.69) is 10.1 Å². The van der Waals surface area contributed by atoms with Crippen LogP contribution in [0.25, 0.3) is 17.1 Å². The molecule has 3 heterocycles. The van der Waals surface area contributed by atoms with Crippen LogP contribution in [0.15, 0.2) is 54.6 Å². The fraction of sp³-hybridized carbons (Fsp3) is 0.318. The van der Waals surface area contributed by atoms with E-state index in [1.165, 1.54) is 16.8 Å². The van der Waals surface area contributed by atoms with Gasteiger partial charge in [0, 0.05) is 18.7 Å². The molecular weight excluding hydrogens is 409 g/mol. The Balaban J connectivity index is 1.56. The topological polar surface area (TPSA) is 60.2 Å². The van der Waals surface area contributed by atoms with Crippen molar-refractivity contribution in [1.29, 1.82) is 0 Å². The second-order valence-electron chi connectivity index (χ2n) is 7.75. The molecule has 2 atom stereocenters. The fourth-order valence-electron chi connectivity index (χ4n) is 4.09. The molecule has 2 aromatic carbocycles. The number of carbonyl (C=O) groups excluding carboxylic acids is 1. The second kappa shape index (κ2) is 7.49. The number of alkyl halides is 3. The van der Waals surface area contributed by atoms with Crippen LogP contribution in [0, 0.1) is 0 Å². The van der Waals surface area contributed by atoms with E-state index >= 15 is 0 Å². The number of carbonyl (C=O) groups is 1. The standard InChI is InChI=1S/C22H19F3N4O2/c23-22(24,25)15-7-4-8-16(11-15)29-20(14-5-2-1-3-6-14)26-19(27-29)21(30)28-12-17-9-10-18(13-28)31-17/h1-8,11,17-18H,9-10,12-13H2. The van der Waals surface area contributed by atoms with Crippen LogP contribution in [0.5, 0.6) is 0 Å². The molecule has 2 saturated heterocycles. The van der Waals surface area contributed by atoms with Gasteiger partial charge in [0.15, 0.2) is 5.82 Å². The van der Waals surface area contributed by atoms with Crippen LogP contribution in [0.4, 0.5) is 13.2 Å². The molecule has 2 aliphatic heterocycles. The fourth-order valence-corrected chi connectivity index (χ4v) is 4.09. The van der Waals surface area contributed by atoms with Crippen LogP contribution in [-0.4, -0.2) is 50.9 Å². The number of nitrogens with zero attached hydrogens (tertiary/aromatic N) is 4. The Morgan fingerprint density at radius 1 is 1.00 bits per heavy atom. The summed E-state index contributed by atoms with van der Waals surface area (Å²) in [6.07, 6.45) is -2.63. The third-order valence-corrected chi connectivity index (χ3v) is 5.58. The molecule has 3 aromatic rings. The molecule has 0 N–H and O–H groups in total. The SMILES string of the molecule is O=C(c1nc(-c2ccccc2)n(-c2cccc(C(F)(F)F)c2)n1)N1CC2CCC(C1)O2. The number of hydrogen-bond donors (Lipinski definition) is 0. The Kier molecular flexibility index (Phi) is 4.77. The summed E-state index contributed by atoms with van der Waals surface area (Å²) in [4.78, 5) is 19.2. The van der Waals surface area contributed by atoms with E-state index < -0.39 is 11.7 Å². The first-order chi connectivity index (χ1) is 14.9. The van der Waals surface area contributed by atoms with Crippen molar-refractivity contribution in [1.82, 2.24) is 19.7 Å². The molecule has 0 radical (unpaired) electrons. The van der Waals surface area contributed by atoms with Gasteiger partial charge in [-0.2, -0.15) is 13.2 Å². The summed E-state index contributed by atoms with van der Waals surface area (Å²) in [7, 11) is 0. The van der Waals surface area contributed by atoms with Crippen molar-refractivity contribution in [3.05, 3.63) is 66.0 Å². The van der Waals surface area contributed by atoms with Gasteiger partial charge in [-0.25, -0.2) is 9.67 Å². The molecule has 5 rings (SSSR count). The summed E-state index contributed by atoms with van der Waals surface area (Å²) in [6.45, 7) is 0.933. The van der Waals surface area contributed by atoms with Crippen LogP contribution in [0.2, 0.25) is 0 Å². The lowest BCUT2D eigenvalue weighted by Gasteiger charge is -2.31. The summed E-state index contributed by atoms with van der Waals surface area (Å²) in [5, 5.41) is 4.33. The Morgan fingerprint density at radius 3 is 2.39 bits per heavy atom. The maximum atomic E-state index is 13.2. The lowest BCUT2D eigenvalue weighted by Crippen LogP contribution is -2.46. The Labute approximate surface area is 176 Å². The quantitative estimate of drug-likeness (QED) is 0.634. The molecule has 9 heteroatoms. The highest BCUT2D eigenvalue weighted by molar-refractivity contribution is 5.91. The number of likely N-dealkylation sites (tertiary alicyclic amines) is 1. The molecule has 2 unspecified atom stereocenters. The number of halogens is 3. The van der Waals surface area contributed by atoms with Gasteiger partial charge in [-0.15, -0.1) is 5.10 Å². The van der Waals surface area contributed by atoms with Crippen molar-refractivity contribution in [2.24, 2.45) is 0 Å². The minimum Gasteiger partial charge on any atom is -0.371 e. The molecule has 0 aliphatic carbocycles. The van der Waals surface area contributed by atoms with Gasteiger partial charge in [-0.1, -0.05) is 36.4 Å². The molecule has 160 valence electrons. The molecule has 2 aliphatic rings. The molecule has 0 spiro atoms. The smallest absolute Gasteiger partial charge is 0.371 e. The van der Waals surface area contributed by atoms with Crippen molar-refractivity contribution in [3.8, 4) is 17.1 Å². The Hall–Kier alpha value is -3.20. The van der Waals surface area contributed by atoms with E-state index in [9.17, 15) is 18.0 Å². The lowest BCUT2D eigenvalue weighted by atomic mass is 10.2. The Morgan fingerprint density at radius 2 is 1.71 bits per heavy atom. The number of benzene rings is 2. The third kappa shape index (κ3) is 3.81. The van der Waals surface area contributed by atoms with Gasteiger partial charge in [-0.05, 0) is 31.0 Å². The van der Waals surface area contributed by atoms with E-state index in [1.54, 1.807) is 29.2 Å². The van der Waals surface area contributed by atoms with Crippen LogP contribution in [0.3, 0.4) is 0 Å². The number of hydrogen-bond acceptors (Lipinski definition) is 4. The van der Waals surface area contributed by atoms with Crippen molar-refractivity contribution in [2.75, 3.05) is 13.1 Å². The zero-order valence-electron chi connectivity index (χ0n) is 16.4. The van der Waals surface area contributed by atoms with Crippen LogP contribution >= 0.6 is 0 Å². The van der Waals surface area contributed by atoms with Gasteiger partial charge < -0.3 is 9.64 Å². The van der Waals surface area contributed by atoms with Crippen molar-refractivity contribution >= 4 is 5.91 Å². The van der Waals surface area contributed by atoms with Gasteiger partial charge in [0.05, 0.1) is 23.5 Å². The molecular formula is C22H19F3N4O2. The van der Waals surface area contributed by atoms with E-state index in [4.69, 9.17) is 4.74 Å². The van der Waals surface area contributed by atoms with Crippen molar-refractivity contribution in [2.45, 2.75) is 31.2 Å². The maximum Gasteiger partial charge on any atom is 0.416 e. The predicted molar refractivity (Wildman–Crippen MR) is 106 cm³/mol. The number of morpholine rings is 1. The summed E-state index contributed by atoms with van der Waals surface area (Å²) in [6, 6.07) is 13.8. The summed E-state index contributed by atoms with van der Waals surface area (Å²) in [5.74, 6) is -0.0832. The molecule has 1 amide bonds. The number of aromatic nitrogens is 3. The highest BCUT2D eigenvalue weighted by Crippen LogP contribution is 2.32. The maximum absolute atomic E-state index is 13.2. The van der Waals surface area contributed by atoms with Crippen LogP contribution < -0.4 is 0 Å². The van der Waals surface area contributed by atoms with Gasteiger partial charge in [-0.3, -0.25) is 4.79 Å². The predicted octanol–water partition coefficient (Wildman–Crippen LogP) is 3.96. The first kappa shape index (κ1) is 19.7. The first-order valence-corrected chi connectivity index (χ1v) is 10.0. The van der Waals surface area contributed by atoms with Gasteiger partial charge in [0.1, 0.15) is 0 Å². The van der Waals surface area contributed by atoms with Crippen LogP contribution in [0.1, 0.15) is 29.0 Å². The first-order valence-electron chi connectivity index (χ1n) is 10.0. The van der Waals surface area contributed by atoms with E-state index in [-0.39, 0.29) is 29.6 Å². The van der Waals surface area contributed by atoms with Crippen molar-refractivity contribution in [3.63, 3.8) is 0 Å². The highest BCUT2D eigenvalue weighted by atomic mass is 19.4. The van der Waals surface area contributed by atoms with Crippen molar-refractivity contribution < 1.29 is 22.7 Å². The average Bonchev–Trinajstić information content (AvgIpc) is 3.36. The minimum atomic E-state index is -4.49. The zero-order chi connectivity index (χ0) is 21.6. The summed E-state index contributed by atoms with van der Waals surface area (Å²) in [5.41, 5.74) is 0.0351.